The Labute approximate surface area is 115 Å². The second kappa shape index (κ2) is 6.78. The molecule has 0 aromatic heterocycles. The zero-order valence-corrected chi connectivity index (χ0v) is 12.5. The Kier molecular flexibility index (Phi) is 5.63. The van der Waals surface area contributed by atoms with E-state index in [1.165, 1.54) is 0 Å². The van der Waals surface area contributed by atoms with E-state index in [-0.39, 0.29) is 18.1 Å². The van der Waals surface area contributed by atoms with Crippen LogP contribution < -0.4 is 14.8 Å². The summed E-state index contributed by atoms with van der Waals surface area (Å²) in [5.41, 5.74) is 1.01. The second-order valence-electron chi connectivity index (χ2n) is 5.54. The smallest absolute Gasteiger partial charge is 0.161 e. The molecule has 4 heteroatoms. The molecular weight excluding hydrogens is 242 g/mol. The van der Waals surface area contributed by atoms with Crippen LogP contribution in [0.4, 0.5) is 0 Å². The summed E-state index contributed by atoms with van der Waals surface area (Å²) in [4.78, 5) is 0. The Hall–Kier alpha value is -1.26. The minimum Gasteiger partial charge on any atom is -0.493 e. The number of ether oxygens (including phenoxy) is 2. The molecule has 0 aliphatic heterocycles. The fraction of sp³-hybridized carbons (Fsp3) is 0.600. The summed E-state index contributed by atoms with van der Waals surface area (Å²) >= 11 is 0. The SMILES string of the molecule is COc1ccc(C(C)NCC(C)(C)CO)cc1OC. The number of aliphatic hydroxyl groups excluding tert-OH is 1. The lowest BCUT2D eigenvalue weighted by atomic mass is 9.94. The number of nitrogens with one attached hydrogen (secondary N) is 1. The Morgan fingerprint density at radius 2 is 1.84 bits per heavy atom. The van der Waals surface area contributed by atoms with Crippen molar-refractivity contribution in [3.63, 3.8) is 0 Å². The van der Waals surface area contributed by atoms with E-state index in [4.69, 9.17) is 9.47 Å². The summed E-state index contributed by atoms with van der Waals surface area (Å²) in [6.07, 6.45) is 0. The average Bonchev–Trinajstić information content (AvgIpc) is 2.44. The van der Waals surface area contributed by atoms with Crippen molar-refractivity contribution in [2.75, 3.05) is 27.4 Å². The maximum Gasteiger partial charge on any atom is 0.161 e. The predicted octanol–water partition coefficient (Wildman–Crippen LogP) is 2.37. The van der Waals surface area contributed by atoms with E-state index >= 15 is 0 Å². The second-order valence-corrected chi connectivity index (χ2v) is 5.54. The molecule has 1 aromatic carbocycles. The zero-order chi connectivity index (χ0) is 14.5. The first-order chi connectivity index (χ1) is 8.93. The Morgan fingerprint density at radius 3 is 2.37 bits per heavy atom. The molecule has 0 spiro atoms. The van der Waals surface area contributed by atoms with Crippen LogP contribution in [0.1, 0.15) is 32.4 Å². The van der Waals surface area contributed by atoms with Crippen molar-refractivity contribution >= 4 is 0 Å². The van der Waals surface area contributed by atoms with Gasteiger partial charge in [0, 0.05) is 24.6 Å². The summed E-state index contributed by atoms with van der Waals surface area (Å²) in [6.45, 7) is 7.06. The minimum absolute atomic E-state index is 0.120. The van der Waals surface area contributed by atoms with Crippen LogP contribution in [0, 0.1) is 5.41 Å². The van der Waals surface area contributed by atoms with E-state index in [2.05, 4.69) is 12.2 Å². The van der Waals surface area contributed by atoms with Gasteiger partial charge in [0.15, 0.2) is 11.5 Å². The normalized spacial score (nSPS) is 13.2. The van der Waals surface area contributed by atoms with E-state index in [0.717, 1.165) is 23.6 Å². The van der Waals surface area contributed by atoms with Crippen molar-refractivity contribution in [1.29, 1.82) is 0 Å². The third-order valence-corrected chi connectivity index (χ3v) is 3.22. The third kappa shape index (κ3) is 4.40. The van der Waals surface area contributed by atoms with Gasteiger partial charge >= 0.3 is 0 Å². The zero-order valence-electron chi connectivity index (χ0n) is 12.5. The molecule has 0 aliphatic rings. The number of hydrogen-bond donors (Lipinski definition) is 2. The largest absolute Gasteiger partial charge is 0.493 e. The molecule has 0 radical (unpaired) electrons. The van der Waals surface area contributed by atoms with E-state index < -0.39 is 0 Å². The monoisotopic (exact) mass is 267 g/mol. The van der Waals surface area contributed by atoms with Gasteiger partial charge in [0.25, 0.3) is 0 Å². The highest BCUT2D eigenvalue weighted by molar-refractivity contribution is 5.43. The van der Waals surface area contributed by atoms with Crippen LogP contribution in [-0.2, 0) is 0 Å². The molecule has 0 amide bonds. The molecule has 1 unspecified atom stereocenters. The van der Waals surface area contributed by atoms with Crippen molar-refractivity contribution < 1.29 is 14.6 Å². The van der Waals surface area contributed by atoms with Crippen molar-refractivity contribution in [2.45, 2.75) is 26.8 Å². The van der Waals surface area contributed by atoms with Crippen molar-refractivity contribution in [3.05, 3.63) is 23.8 Å². The summed E-state index contributed by atoms with van der Waals surface area (Å²) in [5, 5.41) is 12.7. The molecule has 1 aromatic rings. The molecule has 0 saturated heterocycles. The molecule has 0 aliphatic carbocycles. The Morgan fingerprint density at radius 1 is 1.21 bits per heavy atom. The number of methoxy groups -OCH3 is 2. The van der Waals surface area contributed by atoms with Crippen molar-refractivity contribution in [3.8, 4) is 11.5 Å². The fourth-order valence-electron chi connectivity index (χ4n) is 1.73. The minimum atomic E-state index is -0.120. The third-order valence-electron chi connectivity index (χ3n) is 3.22. The average molecular weight is 267 g/mol. The lowest BCUT2D eigenvalue weighted by Gasteiger charge is -2.25. The molecule has 19 heavy (non-hydrogen) atoms. The summed E-state index contributed by atoms with van der Waals surface area (Å²) < 4.78 is 10.5. The van der Waals surface area contributed by atoms with E-state index in [1.54, 1.807) is 14.2 Å². The van der Waals surface area contributed by atoms with Gasteiger partial charge in [-0.3, -0.25) is 0 Å². The highest BCUT2D eigenvalue weighted by Crippen LogP contribution is 2.30. The molecule has 0 heterocycles. The maximum absolute atomic E-state index is 9.25. The topological polar surface area (TPSA) is 50.7 Å². The van der Waals surface area contributed by atoms with Gasteiger partial charge in [-0.05, 0) is 24.6 Å². The van der Waals surface area contributed by atoms with Gasteiger partial charge in [0.2, 0.25) is 0 Å². The molecule has 1 rings (SSSR count). The predicted molar refractivity (Wildman–Crippen MR) is 76.8 cm³/mol. The molecule has 2 N–H and O–H groups in total. The number of rotatable bonds is 7. The number of benzene rings is 1. The van der Waals surface area contributed by atoms with Gasteiger partial charge in [0.05, 0.1) is 14.2 Å². The molecule has 108 valence electrons. The highest BCUT2D eigenvalue weighted by Gasteiger charge is 2.18. The lowest BCUT2D eigenvalue weighted by molar-refractivity contribution is 0.154. The Balaban J connectivity index is 2.74. The van der Waals surface area contributed by atoms with E-state index in [0.29, 0.717) is 0 Å². The first-order valence-corrected chi connectivity index (χ1v) is 6.49. The molecule has 1 atom stereocenters. The summed E-state index contributed by atoms with van der Waals surface area (Å²) in [6, 6.07) is 6.09. The molecule has 0 fully saturated rings. The Bertz CT molecular complexity index is 404. The van der Waals surface area contributed by atoms with Crippen LogP contribution in [0.3, 0.4) is 0 Å². The number of aliphatic hydroxyl groups is 1. The van der Waals surface area contributed by atoms with Crippen LogP contribution in [0.2, 0.25) is 0 Å². The van der Waals surface area contributed by atoms with Gasteiger partial charge in [-0.2, -0.15) is 0 Å². The first-order valence-electron chi connectivity index (χ1n) is 6.49. The molecule has 0 bridgehead atoms. The number of hydrogen-bond acceptors (Lipinski definition) is 4. The lowest BCUT2D eigenvalue weighted by Crippen LogP contribution is -2.33. The van der Waals surface area contributed by atoms with Crippen LogP contribution >= 0.6 is 0 Å². The standard InChI is InChI=1S/C15H25NO3/c1-11(16-9-15(2,3)10-17)12-6-7-13(18-4)14(8-12)19-5/h6-8,11,16-17H,9-10H2,1-5H3. The summed E-state index contributed by atoms with van der Waals surface area (Å²) in [5.74, 6) is 1.46. The molecular formula is C15H25NO3. The quantitative estimate of drug-likeness (QED) is 0.796. The van der Waals surface area contributed by atoms with Crippen LogP contribution in [0.5, 0.6) is 11.5 Å². The van der Waals surface area contributed by atoms with Crippen LogP contribution in [-0.4, -0.2) is 32.5 Å². The van der Waals surface area contributed by atoms with Gasteiger partial charge in [-0.25, -0.2) is 0 Å². The van der Waals surface area contributed by atoms with Crippen LogP contribution in [0.25, 0.3) is 0 Å². The summed E-state index contributed by atoms with van der Waals surface area (Å²) in [7, 11) is 3.26. The molecule has 0 saturated carbocycles. The van der Waals surface area contributed by atoms with Gasteiger partial charge in [-0.15, -0.1) is 0 Å². The van der Waals surface area contributed by atoms with Gasteiger partial charge < -0.3 is 19.9 Å². The van der Waals surface area contributed by atoms with E-state index in [9.17, 15) is 5.11 Å². The maximum atomic E-state index is 9.25. The fourth-order valence-corrected chi connectivity index (χ4v) is 1.73. The highest BCUT2D eigenvalue weighted by atomic mass is 16.5. The van der Waals surface area contributed by atoms with Crippen molar-refractivity contribution in [2.24, 2.45) is 5.41 Å². The van der Waals surface area contributed by atoms with Gasteiger partial charge in [0.1, 0.15) is 0 Å². The van der Waals surface area contributed by atoms with Crippen molar-refractivity contribution in [1.82, 2.24) is 5.32 Å². The van der Waals surface area contributed by atoms with Crippen LogP contribution in [0.15, 0.2) is 18.2 Å². The van der Waals surface area contributed by atoms with E-state index in [1.807, 2.05) is 32.0 Å². The van der Waals surface area contributed by atoms with Gasteiger partial charge in [-0.1, -0.05) is 19.9 Å². The first kappa shape index (κ1) is 15.8. The molecule has 4 nitrogen and oxygen atoms in total.